The van der Waals surface area contributed by atoms with Gasteiger partial charge in [-0.25, -0.2) is 9.48 Å². The number of likely N-dealkylation sites (tertiary alicyclic amines) is 1. The van der Waals surface area contributed by atoms with Crippen LogP contribution in [0.1, 0.15) is 24.4 Å². The second-order valence-electron chi connectivity index (χ2n) is 7.23. The second-order valence-corrected chi connectivity index (χ2v) is 7.23. The van der Waals surface area contributed by atoms with Crippen LogP contribution in [0.4, 0.5) is 4.79 Å². The highest BCUT2D eigenvalue weighted by molar-refractivity contribution is 5.81. The molecule has 1 atom stereocenters. The lowest BCUT2D eigenvalue weighted by atomic mass is 9.91. The molecule has 0 unspecified atom stereocenters. The first-order chi connectivity index (χ1) is 13.1. The third kappa shape index (κ3) is 3.49. The Morgan fingerprint density at radius 1 is 1.26 bits per heavy atom. The van der Waals surface area contributed by atoms with Gasteiger partial charge in [0.15, 0.2) is 0 Å². The van der Waals surface area contributed by atoms with E-state index in [0.717, 1.165) is 5.56 Å². The zero-order valence-corrected chi connectivity index (χ0v) is 15.2. The summed E-state index contributed by atoms with van der Waals surface area (Å²) in [5.41, 5.74) is 0.581. The first-order valence-electron chi connectivity index (χ1n) is 9.06. The van der Waals surface area contributed by atoms with Gasteiger partial charge >= 0.3 is 6.09 Å². The van der Waals surface area contributed by atoms with Gasteiger partial charge in [-0.15, -0.1) is 5.10 Å². The maximum absolute atomic E-state index is 13.2. The summed E-state index contributed by atoms with van der Waals surface area (Å²) in [6.45, 7) is 1.68. The van der Waals surface area contributed by atoms with E-state index in [1.165, 1.54) is 11.0 Å². The Balaban J connectivity index is 1.47. The van der Waals surface area contributed by atoms with Gasteiger partial charge in [-0.1, -0.05) is 30.3 Å². The molecule has 0 saturated carbocycles. The van der Waals surface area contributed by atoms with Gasteiger partial charge in [-0.05, 0) is 16.0 Å². The van der Waals surface area contributed by atoms with Crippen LogP contribution in [0.3, 0.4) is 0 Å². The molecule has 4 rings (SSSR count). The van der Waals surface area contributed by atoms with Gasteiger partial charge in [-0.3, -0.25) is 4.79 Å². The summed E-state index contributed by atoms with van der Waals surface area (Å²) >= 11 is 0. The van der Waals surface area contributed by atoms with E-state index in [2.05, 4.69) is 15.5 Å². The minimum absolute atomic E-state index is 0.0151. The minimum Gasteiger partial charge on any atom is -0.441 e. The number of amides is 2. The molecule has 1 spiro atoms. The fraction of sp³-hybridized carbons (Fsp3) is 0.500. The number of hydrogen-bond donors (Lipinski definition) is 0. The van der Waals surface area contributed by atoms with Crippen LogP contribution in [-0.2, 0) is 16.0 Å². The topological polar surface area (TPSA) is 93.5 Å². The monoisotopic (exact) mass is 370 g/mol. The molecule has 27 heavy (non-hydrogen) atoms. The number of hydrogen-bond acceptors (Lipinski definition) is 6. The lowest BCUT2D eigenvalue weighted by molar-refractivity contribution is -0.138. The predicted octanol–water partition coefficient (Wildman–Crippen LogP) is 0.900. The van der Waals surface area contributed by atoms with Gasteiger partial charge in [-0.2, -0.15) is 0 Å². The number of nitrogens with zero attached hydrogens (tertiary/aromatic N) is 6. The molecule has 1 aromatic heterocycles. The lowest BCUT2D eigenvalue weighted by Gasteiger charge is -2.38. The van der Waals surface area contributed by atoms with Gasteiger partial charge in [0, 0.05) is 39.4 Å². The Bertz CT molecular complexity index is 802. The van der Waals surface area contributed by atoms with Crippen molar-refractivity contribution in [3.63, 3.8) is 0 Å². The zero-order valence-electron chi connectivity index (χ0n) is 15.2. The van der Waals surface area contributed by atoms with E-state index in [1.54, 1.807) is 11.9 Å². The number of tetrazole rings is 1. The molecule has 9 nitrogen and oxygen atoms in total. The van der Waals surface area contributed by atoms with E-state index >= 15 is 0 Å². The smallest absolute Gasteiger partial charge is 0.410 e. The van der Waals surface area contributed by atoms with E-state index in [-0.39, 0.29) is 12.0 Å². The highest BCUT2D eigenvalue weighted by Gasteiger charge is 2.46. The van der Waals surface area contributed by atoms with Crippen LogP contribution in [-0.4, -0.2) is 74.3 Å². The van der Waals surface area contributed by atoms with E-state index in [9.17, 15) is 9.59 Å². The molecule has 2 aromatic rings. The van der Waals surface area contributed by atoms with Crippen molar-refractivity contribution in [2.24, 2.45) is 0 Å². The van der Waals surface area contributed by atoms with Gasteiger partial charge < -0.3 is 14.5 Å². The Hall–Kier alpha value is -2.97. The van der Waals surface area contributed by atoms with E-state index in [0.29, 0.717) is 38.9 Å². The van der Waals surface area contributed by atoms with Crippen LogP contribution in [0.5, 0.6) is 0 Å². The first kappa shape index (κ1) is 17.4. The van der Waals surface area contributed by atoms with E-state index in [1.807, 2.05) is 35.2 Å². The van der Waals surface area contributed by atoms with Gasteiger partial charge in [0.1, 0.15) is 18.0 Å². The summed E-state index contributed by atoms with van der Waals surface area (Å²) < 4.78 is 7.09. The fourth-order valence-electron chi connectivity index (χ4n) is 3.84. The quantitative estimate of drug-likeness (QED) is 0.794. The van der Waals surface area contributed by atoms with Gasteiger partial charge in [0.2, 0.25) is 5.91 Å². The van der Waals surface area contributed by atoms with Crippen molar-refractivity contribution in [3.05, 3.63) is 42.2 Å². The fourth-order valence-corrected chi connectivity index (χ4v) is 3.84. The lowest BCUT2D eigenvalue weighted by Crippen LogP contribution is -2.50. The van der Waals surface area contributed by atoms with E-state index in [4.69, 9.17) is 4.74 Å². The molecule has 1 aromatic carbocycles. The molecule has 2 amide bonds. The molecule has 2 fully saturated rings. The van der Waals surface area contributed by atoms with Crippen LogP contribution in [0, 0.1) is 0 Å². The van der Waals surface area contributed by atoms with Crippen molar-refractivity contribution in [1.29, 1.82) is 0 Å². The minimum atomic E-state index is -0.495. The molecule has 0 N–H and O–H groups in total. The number of aromatic nitrogens is 4. The number of likely N-dealkylation sites (N-methyl/N-ethyl adjacent to an activating group) is 1. The molecule has 9 heteroatoms. The number of carbonyl (C=O) groups excluding carboxylic acids is 2. The Kier molecular flexibility index (Phi) is 4.51. The summed E-state index contributed by atoms with van der Waals surface area (Å²) in [5.74, 6) is -0.0151. The molecule has 2 saturated heterocycles. The maximum Gasteiger partial charge on any atom is 0.410 e. The molecular formula is C18H22N6O3. The number of ether oxygens (including phenoxy) is 1. The Labute approximate surface area is 156 Å². The van der Waals surface area contributed by atoms with Crippen LogP contribution in [0.15, 0.2) is 36.7 Å². The largest absolute Gasteiger partial charge is 0.441 e. The summed E-state index contributed by atoms with van der Waals surface area (Å²) in [4.78, 5) is 28.4. The third-order valence-corrected chi connectivity index (χ3v) is 5.37. The first-order valence-corrected chi connectivity index (χ1v) is 9.06. The van der Waals surface area contributed by atoms with E-state index < -0.39 is 11.6 Å². The average Bonchev–Trinajstić information content (AvgIpc) is 3.30. The van der Waals surface area contributed by atoms with Crippen molar-refractivity contribution >= 4 is 12.0 Å². The SMILES string of the molecule is CN1CC2(CCN(C(=O)[C@@H](Cc3ccccc3)n3cnnn3)CC2)OC1=O. The molecule has 2 aliphatic rings. The highest BCUT2D eigenvalue weighted by Crippen LogP contribution is 2.33. The summed E-state index contributed by atoms with van der Waals surface area (Å²) in [6.07, 6.45) is 2.99. The van der Waals surface area contributed by atoms with Crippen LogP contribution < -0.4 is 0 Å². The number of rotatable bonds is 4. The number of benzene rings is 1. The zero-order chi connectivity index (χ0) is 18.9. The van der Waals surface area contributed by atoms with Crippen molar-refractivity contribution in [3.8, 4) is 0 Å². The molecule has 3 heterocycles. The number of carbonyl (C=O) groups is 2. The van der Waals surface area contributed by atoms with Crippen molar-refractivity contribution in [1.82, 2.24) is 30.0 Å². The standard InChI is InChI=1S/C18H22N6O3/c1-22-12-18(27-17(22)26)7-9-23(10-8-18)16(25)15(24-13-19-20-21-24)11-14-5-3-2-4-6-14/h2-6,13,15H,7-12H2,1H3/t15-/m1/s1. The molecule has 0 aliphatic carbocycles. The van der Waals surface area contributed by atoms with Gasteiger partial charge in [0.05, 0.1) is 6.54 Å². The molecule has 2 aliphatic heterocycles. The maximum atomic E-state index is 13.2. The van der Waals surface area contributed by atoms with Crippen LogP contribution >= 0.6 is 0 Å². The Morgan fingerprint density at radius 2 is 2.00 bits per heavy atom. The number of piperidine rings is 1. The predicted molar refractivity (Wildman–Crippen MR) is 94.7 cm³/mol. The third-order valence-electron chi connectivity index (χ3n) is 5.37. The average molecular weight is 370 g/mol. The molecule has 142 valence electrons. The summed E-state index contributed by atoms with van der Waals surface area (Å²) in [5, 5.41) is 11.3. The molecule has 0 radical (unpaired) electrons. The van der Waals surface area contributed by atoms with Crippen LogP contribution in [0.25, 0.3) is 0 Å². The summed E-state index contributed by atoms with van der Waals surface area (Å²) in [6, 6.07) is 9.33. The van der Waals surface area contributed by atoms with Crippen molar-refractivity contribution < 1.29 is 14.3 Å². The molecule has 0 bridgehead atoms. The van der Waals surface area contributed by atoms with Crippen molar-refractivity contribution in [2.75, 3.05) is 26.7 Å². The highest BCUT2D eigenvalue weighted by atomic mass is 16.6. The second kappa shape index (κ2) is 6.98. The normalized spacial score (nSPS) is 20.0. The van der Waals surface area contributed by atoms with Crippen molar-refractivity contribution in [2.45, 2.75) is 30.9 Å². The van der Waals surface area contributed by atoms with Crippen LogP contribution in [0.2, 0.25) is 0 Å². The summed E-state index contributed by atoms with van der Waals surface area (Å²) in [7, 11) is 1.74. The Morgan fingerprint density at radius 3 is 2.59 bits per heavy atom. The van der Waals surface area contributed by atoms with Gasteiger partial charge in [0.25, 0.3) is 0 Å². The molecular weight excluding hydrogens is 348 g/mol.